The predicted octanol–water partition coefficient (Wildman–Crippen LogP) is 4.75. The predicted molar refractivity (Wildman–Crippen MR) is 93.1 cm³/mol. The molecule has 0 unspecified atom stereocenters. The molecule has 0 fully saturated rings. The van der Waals surface area contributed by atoms with Gasteiger partial charge in [0.15, 0.2) is 5.41 Å². The molecule has 0 saturated heterocycles. The first-order chi connectivity index (χ1) is 10.8. The van der Waals surface area contributed by atoms with Crippen molar-refractivity contribution >= 4 is 11.9 Å². The molecule has 4 nitrogen and oxygen atoms in total. The van der Waals surface area contributed by atoms with Crippen LogP contribution < -0.4 is 0 Å². The Morgan fingerprint density at radius 2 is 1.13 bits per heavy atom. The summed E-state index contributed by atoms with van der Waals surface area (Å²) < 4.78 is 10.9. The van der Waals surface area contributed by atoms with E-state index in [9.17, 15) is 9.59 Å². The van der Waals surface area contributed by atoms with Crippen molar-refractivity contribution in [3.05, 3.63) is 0 Å². The smallest absolute Gasteiger partial charge is 0.323 e. The minimum atomic E-state index is -1.13. The Labute approximate surface area is 142 Å². The van der Waals surface area contributed by atoms with Crippen LogP contribution in [0.4, 0.5) is 0 Å². The molecule has 0 aliphatic heterocycles. The van der Waals surface area contributed by atoms with Crippen LogP contribution in [0.25, 0.3) is 0 Å². The Morgan fingerprint density at radius 3 is 1.39 bits per heavy atom. The van der Waals surface area contributed by atoms with Gasteiger partial charge in [-0.1, -0.05) is 54.4 Å². The van der Waals surface area contributed by atoms with Gasteiger partial charge in [-0.25, -0.2) is 0 Å². The van der Waals surface area contributed by atoms with Crippen molar-refractivity contribution in [3.63, 3.8) is 0 Å². The maximum Gasteiger partial charge on any atom is 0.323 e. The van der Waals surface area contributed by atoms with Crippen LogP contribution in [0.5, 0.6) is 0 Å². The van der Waals surface area contributed by atoms with Gasteiger partial charge in [0, 0.05) is 0 Å². The highest BCUT2D eigenvalue weighted by atomic mass is 16.6. The molecule has 0 aromatic heterocycles. The Kier molecular flexibility index (Phi) is 10.9. The molecule has 0 rings (SSSR count). The Morgan fingerprint density at radius 1 is 0.783 bits per heavy atom. The molecule has 0 N–H and O–H groups in total. The maximum absolute atomic E-state index is 12.6. The second-order valence-electron chi connectivity index (χ2n) is 7.22. The van der Waals surface area contributed by atoms with E-state index >= 15 is 0 Å². The van der Waals surface area contributed by atoms with Gasteiger partial charge in [0.25, 0.3) is 0 Å². The minimum Gasteiger partial charge on any atom is -0.465 e. The third-order valence-electron chi connectivity index (χ3n) is 3.99. The molecule has 0 aliphatic carbocycles. The normalized spacial score (nSPS) is 11.8. The van der Waals surface area contributed by atoms with Gasteiger partial charge in [-0.05, 0) is 37.5 Å². The molecule has 136 valence electrons. The summed E-state index contributed by atoms with van der Waals surface area (Å²) in [7, 11) is 0. The SMILES string of the molecule is CCCC(CCC)(C(=O)OCCC(C)C)C(=O)OCCC(C)C. The Hall–Kier alpha value is -1.06. The monoisotopic (exact) mass is 328 g/mol. The molecule has 0 radical (unpaired) electrons. The van der Waals surface area contributed by atoms with Crippen LogP contribution in [0.1, 0.15) is 80.1 Å². The molecule has 0 aromatic rings. The lowest BCUT2D eigenvalue weighted by Crippen LogP contribution is -2.42. The number of ether oxygens (including phenoxy) is 2. The van der Waals surface area contributed by atoms with E-state index in [1.165, 1.54) is 0 Å². The van der Waals surface area contributed by atoms with E-state index in [0.717, 1.165) is 25.7 Å². The zero-order valence-corrected chi connectivity index (χ0v) is 15.9. The lowest BCUT2D eigenvalue weighted by molar-refractivity contribution is -0.174. The second-order valence-corrected chi connectivity index (χ2v) is 7.22. The van der Waals surface area contributed by atoms with Crippen molar-refractivity contribution in [1.82, 2.24) is 0 Å². The summed E-state index contributed by atoms with van der Waals surface area (Å²) in [6.45, 7) is 13.0. The average Bonchev–Trinajstić information content (AvgIpc) is 2.45. The van der Waals surface area contributed by atoms with Gasteiger partial charge in [0.05, 0.1) is 13.2 Å². The average molecular weight is 328 g/mol. The van der Waals surface area contributed by atoms with Crippen LogP contribution >= 0.6 is 0 Å². The number of carbonyl (C=O) groups is 2. The highest BCUT2D eigenvalue weighted by Crippen LogP contribution is 2.33. The van der Waals surface area contributed by atoms with Crippen LogP contribution in [-0.4, -0.2) is 25.2 Å². The van der Waals surface area contributed by atoms with Crippen molar-refractivity contribution in [1.29, 1.82) is 0 Å². The summed E-state index contributed by atoms with van der Waals surface area (Å²) >= 11 is 0. The van der Waals surface area contributed by atoms with E-state index in [1.807, 2.05) is 13.8 Å². The molecule has 0 atom stereocenters. The van der Waals surface area contributed by atoms with Crippen molar-refractivity contribution in [3.8, 4) is 0 Å². The summed E-state index contributed by atoms with van der Waals surface area (Å²) in [5.74, 6) is 0.118. The van der Waals surface area contributed by atoms with Gasteiger partial charge in [0.1, 0.15) is 0 Å². The third kappa shape index (κ3) is 7.85. The van der Waals surface area contributed by atoms with Crippen molar-refractivity contribution in [2.24, 2.45) is 17.3 Å². The fraction of sp³-hybridized carbons (Fsp3) is 0.895. The summed E-state index contributed by atoms with van der Waals surface area (Å²) in [6.07, 6.45) is 4.09. The van der Waals surface area contributed by atoms with Gasteiger partial charge in [-0.15, -0.1) is 0 Å². The van der Waals surface area contributed by atoms with Gasteiger partial charge < -0.3 is 9.47 Å². The molecule has 0 aliphatic rings. The third-order valence-corrected chi connectivity index (χ3v) is 3.99. The van der Waals surface area contributed by atoms with Gasteiger partial charge in [-0.3, -0.25) is 9.59 Å². The van der Waals surface area contributed by atoms with Crippen LogP contribution in [0, 0.1) is 17.3 Å². The van der Waals surface area contributed by atoms with E-state index in [0.29, 0.717) is 37.9 Å². The van der Waals surface area contributed by atoms with Crippen LogP contribution in [0.15, 0.2) is 0 Å². The van der Waals surface area contributed by atoms with E-state index in [4.69, 9.17) is 9.47 Å². The number of rotatable bonds is 12. The zero-order valence-electron chi connectivity index (χ0n) is 15.9. The van der Waals surface area contributed by atoms with Crippen molar-refractivity contribution < 1.29 is 19.1 Å². The van der Waals surface area contributed by atoms with Crippen molar-refractivity contribution in [2.75, 3.05) is 13.2 Å². The van der Waals surface area contributed by atoms with E-state index < -0.39 is 17.4 Å². The molecule has 0 amide bonds. The van der Waals surface area contributed by atoms with Crippen molar-refractivity contribution in [2.45, 2.75) is 80.1 Å². The zero-order chi connectivity index (χ0) is 17.9. The highest BCUT2D eigenvalue weighted by molar-refractivity contribution is 6.00. The first-order valence-corrected chi connectivity index (χ1v) is 9.14. The largest absolute Gasteiger partial charge is 0.465 e. The maximum atomic E-state index is 12.6. The van der Waals surface area contributed by atoms with Crippen LogP contribution in [-0.2, 0) is 19.1 Å². The molecule has 0 spiro atoms. The van der Waals surface area contributed by atoms with Gasteiger partial charge in [-0.2, -0.15) is 0 Å². The number of hydrogen-bond acceptors (Lipinski definition) is 4. The quantitative estimate of drug-likeness (QED) is 0.383. The second kappa shape index (κ2) is 11.5. The lowest BCUT2D eigenvalue weighted by atomic mass is 9.79. The molecule has 0 heterocycles. The summed E-state index contributed by atoms with van der Waals surface area (Å²) in [5, 5.41) is 0. The van der Waals surface area contributed by atoms with E-state index in [-0.39, 0.29) is 0 Å². The first kappa shape index (κ1) is 21.9. The minimum absolute atomic E-state index is 0.366. The number of carbonyl (C=O) groups excluding carboxylic acids is 2. The summed E-state index contributed by atoms with van der Waals surface area (Å²) in [5.41, 5.74) is -1.13. The number of hydrogen-bond donors (Lipinski definition) is 0. The molecular weight excluding hydrogens is 292 g/mol. The molecule has 23 heavy (non-hydrogen) atoms. The number of esters is 2. The van der Waals surface area contributed by atoms with Gasteiger partial charge >= 0.3 is 11.9 Å². The molecule has 0 aromatic carbocycles. The standard InChI is InChI=1S/C19H36O4/c1-7-11-19(12-8-2,17(20)22-13-9-15(3)4)18(21)23-14-10-16(5)6/h15-16H,7-14H2,1-6H3. The summed E-state index contributed by atoms with van der Waals surface area (Å²) in [6, 6.07) is 0. The fourth-order valence-electron chi connectivity index (χ4n) is 2.52. The molecular formula is C19H36O4. The Bertz CT molecular complexity index is 313. The topological polar surface area (TPSA) is 52.6 Å². The van der Waals surface area contributed by atoms with Crippen LogP contribution in [0.2, 0.25) is 0 Å². The van der Waals surface area contributed by atoms with Gasteiger partial charge in [0.2, 0.25) is 0 Å². The fourth-order valence-corrected chi connectivity index (χ4v) is 2.52. The lowest BCUT2D eigenvalue weighted by Gasteiger charge is -2.29. The Balaban J connectivity index is 4.97. The highest BCUT2D eigenvalue weighted by Gasteiger charge is 2.47. The van der Waals surface area contributed by atoms with Crippen LogP contribution in [0.3, 0.4) is 0 Å². The first-order valence-electron chi connectivity index (χ1n) is 9.14. The molecule has 4 heteroatoms. The molecule has 0 saturated carbocycles. The van der Waals surface area contributed by atoms with E-state index in [1.54, 1.807) is 0 Å². The van der Waals surface area contributed by atoms with E-state index in [2.05, 4.69) is 27.7 Å². The molecule has 0 bridgehead atoms. The summed E-state index contributed by atoms with van der Waals surface area (Å²) in [4.78, 5) is 25.3.